The van der Waals surface area contributed by atoms with E-state index in [0.717, 1.165) is 24.8 Å². The highest BCUT2D eigenvalue weighted by Crippen LogP contribution is 2.48. The van der Waals surface area contributed by atoms with E-state index in [-0.39, 0.29) is 17.6 Å². The third kappa shape index (κ3) is 2.63. The van der Waals surface area contributed by atoms with Gasteiger partial charge in [0.15, 0.2) is 0 Å². The number of nitrogens with zero attached hydrogens (tertiary/aromatic N) is 1. The number of carboxylic acids is 1. The standard InChI is InChI=1S/C15H18N2O4/c18-15(19)13-10-3-4-11(7-10)14(13)16-8-9-1-5-12(6-2-9)17(20)21/h1-2,5-6,10-11,13-14,16H,3-4,7-8H2,(H,18,19). The van der Waals surface area contributed by atoms with Crippen molar-refractivity contribution in [2.45, 2.75) is 31.8 Å². The molecule has 21 heavy (non-hydrogen) atoms. The number of hydrogen-bond acceptors (Lipinski definition) is 4. The lowest BCUT2D eigenvalue weighted by Gasteiger charge is -2.29. The number of rotatable bonds is 5. The Morgan fingerprint density at radius 1 is 1.29 bits per heavy atom. The van der Waals surface area contributed by atoms with Gasteiger partial charge in [-0.25, -0.2) is 0 Å². The minimum atomic E-state index is -0.705. The lowest BCUT2D eigenvalue weighted by atomic mass is 9.84. The van der Waals surface area contributed by atoms with Gasteiger partial charge < -0.3 is 10.4 Å². The van der Waals surface area contributed by atoms with Gasteiger partial charge >= 0.3 is 5.97 Å². The molecule has 1 aromatic carbocycles. The highest BCUT2D eigenvalue weighted by molar-refractivity contribution is 5.72. The molecule has 0 radical (unpaired) electrons. The van der Waals surface area contributed by atoms with Crippen LogP contribution in [0.1, 0.15) is 24.8 Å². The summed E-state index contributed by atoms with van der Waals surface area (Å²) in [6.07, 6.45) is 3.14. The van der Waals surface area contributed by atoms with E-state index in [0.29, 0.717) is 18.4 Å². The molecule has 2 bridgehead atoms. The average molecular weight is 290 g/mol. The molecule has 4 atom stereocenters. The maximum Gasteiger partial charge on any atom is 0.308 e. The molecule has 0 aromatic heterocycles. The first-order valence-corrected chi connectivity index (χ1v) is 7.26. The number of nitro groups is 1. The van der Waals surface area contributed by atoms with Gasteiger partial charge in [0.2, 0.25) is 0 Å². The van der Waals surface area contributed by atoms with E-state index in [1.807, 2.05) is 0 Å². The second-order valence-corrected chi connectivity index (χ2v) is 6.03. The monoisotopic (exact) mass is 290 g/mol. The Kier molecular flexibility index (Phi) is 3.63. The Labute approximate surface area is 122 Å². The largest absolute Gasteiger partial charge is 0.481 e. The molecular formula is C15H18N2O4. The van der Waals surface area contributed by atoms with Gasteiger partial charge in [-0.2, -0.15) is 0 Å². The van der Waals surface area contributed by atoms with Crippen LogP contribution in [0.15, 0.2) is 24.3 Å². The number of carboxylic acid groups (broad SMARTS) is 1. The number of nitrogens with one attached hydrogen (secondary N) is 1. The normalized spacial score (nSPS) is 30.5. The minimum Gasteiger partial charge on any atom is -0.481 e. The van der Waals surface area contributed by atoms with Crippen LogP contribution in [-0.4, -0.2) is 22.0 Å². The van der Waals surface area contributed by atoms with Gasteiger partial charge in [-0.3, -0.25) is 14.9 Å². The summed E-state index contributed by atoms with van der Waals surface area (Å²) in [5.41, 5.74) is 1.01. The average Bonchev–Trinajstić information content (AvgIpc) is 3.06. The van der Waals surface area contributed by atoms with Crippen molar-refractivity contribution in [3.05, 3.63) is 39.9 Å². The molecule has 0 aliphatic heterocycles. The summed E-state index contributed by atoms with van der Waals surface area (Å²) in [7, 11) is 0. The van der Waals surface area contributed by atoms with Crippen LogP contribution in [-0.2, 0) is 11.3 Å². The van der Waals surface area contributed by atoms with Crippen LogP contribution in [0.2, 0.25) is 0 Å². The summed E-state index contributed by atoms with van der Waals surface area (Å²) in [4.78, 5) is 21.6. The molecule has 2 saturated carbocycles. The van der Waals surface area contributed by atoms with Crippen LogP contribution < -0.4 is 5.32 Å². The number of carbonyl (C=O) groups is 1. The molecule has 4 unspecified atom stereocenters. The first-order valence-electron chi connectivity index (χ1n) is 7.26. The predicted molar refractivity (Wildman–Crippen MR) is 75.7 cm³/mol. The van der Waals surface area contributed by atoms with E-state index in [2.05, 4.69) is 5.32 Å². The van der Waals surface area contributed by atoms with Gasteiger partial charge in [0.05, 0.1) is 10.8 Å². The summed E-state index contributed by atoms with van der Waals surface area (Å²) in [5.74, 6) is -0.235. The zero-order chi connectivity index (χ0) is 15.0. The van der Waals surface area contributed by atoms with Crippen molar-refractivity contribution in [2.75, 3.05) is 0 Å². The molecule has 2 N–H and O–H groups in total. The van der Waals surface area contributed by atoms with Crippen molar-refractivity contribution in [3.8, 4) is 0 Å². The molecule has 6 heteroatoms. The Hall–Kier alpha value is -1.95. The SMILES string of the molecule is O=C(O)C1C2CCC(C2)C1NCc1ccc([N+](=O)[O-])cc1. The third-order valence-corrected chi connectivity index (χ3v) is 4.89. The molecule has 1 aromatic rings. The molecule has 2 aliphatic carbocycles. The molecule has 6 nitrogen and oxygen atoms in total. The van der Waals surface area contributed by atoms with Crippen LogP contribution in [0.3, 0.4) is 0 Å². The Morgan fingerprint density at radius 3 is 2.57 bits per heavy atom. The predicted octanol–water partition coefficient (Wildman–Crippen LogP) is 2.18. The van der Waals surface area contributed by atoms with E-state index >= 15 is 0 Å². The van der Waals surface area contributed by atoms with E-state index < -0.39 is 10.9 Å². The number of non-ortho nitro benzene ring substituents is 1. The Bertz CT molecular complexity index is 557. The third-order valence-electron chi connectivity index (χ3n) is 4.89. The molecular weight excluding hydrogens is 272 g/mol. The number of hydrogen-bond donors (Lipinski definition) is 2. The summed E-state index contributed by atoms with van der Waals surface area (Å²) in [6, 6.07) is 6.41. The van der Waals surface area contributed by atoms with E-state index in [4.69, 9.17) is 0 Å². The van der Waals surface area contributed by atoms with Gasteiger partial charge in [-0.1, -0.05) is 12.1 Å². The van der Waals surface area contributed by atoms with E-state index in [1.165, 1.54) is 12.1 Å². The van der Waals surface area contributed by atoms with Gasteiger partial charge in [-0.15, -0.1) is 0 Å². The van der Waals surface area contributed by atoms with E-state index in [1.54, 1.807) is 12.1 Å². The first-order chi connectivity index (χ1) is 10.1. The second kappa shape index (κ2) is 5.44. The zero-order valence-corrected chi connectivity index (χ0v) is 11.6. The van der Waals surface area contributed by atoms with Crippen molar-refractivity contribution >= 4 is 11.7 Å². The highest BCUT2D eigenvalue weighted by atomic mass is 16.6. The topological polar surface area (TPSA) is 92.5 Å². The lowest BCUT2D eigenvalue weighted by Crippen LogP contribution is -2.43. The van der Waals surface area contributed by atoms with Crippen LogP contribution in [0, 0.1) is 27.9 Å². The number of nitro benzene ring substituents is 1. The zero-order valence-electron chi connectivity index (χ0n) is 11.6. The maximum absolute atomic E-state index is 11.4. The van der Waals surface area contributed by atoms with Gasteiger partial charge in [0, 0.05) is 24.7 Å². The molecule has 2 fully saturated rings. The molecule has 3 rings (SSSR count). The lowest BCUT2D eigenvalue weighted by molar-refractivity contribution is -0.384. The molecule has 0 amide bonds. The van der Waals surface area contributed by atoms with E-state index in [9.17, 15) is 20.0 Å². The van der Waals surface area contributed by atoms with Crippen molar-refractivity contribution in [1.29, 1.82) is 0 Å². The Morgan fingerprint density at radius 2 is 1.95 bits per heavy atom. The maximum atomic E-state index is 11.4. The quantitative estimate of drug-likeness (QED) is 0.640. The van der Waals surface area contributed by atoms with Crippen LogP contribution in [0.4, 0.5) is 5.69 Å². The minimum absolute atomic E-state index is 0.0245. The number of aliphatic carboxylic acids is 1. The summed E-state index contributed by atoms with van der Waals surface area (Å²) >= 11 is 0. The molecule has 2 aliphatic rings. The fourth-order valence-corrected chi connectivity index (χ4v) is 3.91. The van der Waals surface area contributed by atoms with Crippen molar-refractivity contribution < 1.29 is 14.8 Å². The van der Waals surface area contributed by atoms with Crippen LogP contribution in [0.25, 0.3) is 0 Å². The van der Waals surface area contributed by atoms with Gasteiger partial charge in [-0.05, 0) is 36.7 Å². The smallest absolute Gasteiger partial charge is 0.308 e. The summed E-state index contributed by atoms with van der Waals surface area (Å²) in [6.45, 7) is 0.551. The summed E-state index contributed by atoms with van der Waals surface area (Å²) in [5, 5.41) is 23.4. The van der Waals surface area contributed by atoms with Gasteiger partial charge in [0.25, 0.3) is 5.69 Å². The van der Waals surface area contributed by atoms with Crippen LogP contribution in [0.5, 0.6) is 0 Å². The van der Waals surface area contributed by atoms with Crippen LogP contribution >= 0.6 is 0 Å². The number of fused-ring (bicyclic) bond motifs is 2. The highest BCUT2D eigenvalue weighted by Gasteiger charge is 2.50. The molecule has 0 spiro atoms. The Balaban J connectivity index is 1.64. The molecule has 0 saturated heterocycles. The molecule has 0 heterocycles. The van der Waals surface area contributed by atoms with Crippen molar-refractivity contribution in [3.63, 3.8) is 0 Å². The van der Waals surface area contributed by atoms with Crippen molar-refractivity contribution in [1.82, 2.24) is 5.32 Å². The fourth-order valence-electron chi connectivity index (χ4n) is 3.91. The summed E-state index contributed by atoms with van der Waals surface area (Å²) < 4.78 is 0. The fraction of sp³-hybridized carbons (Fsp3) is 0.533. The first kappa shape index (κ1) is 14.0. The molecule has 112 valence electrons. The van der Waals surface area contributed by atoms with Gasteiger partial charge in [0.1, 0.15) is 0 Å². The number of benzene rings is 1. The van der Waals surface area contributed by atoms with Crippen molar-refractivity contribution in [2.24, 2.45) is 17.8 Å². The second-order valence-electron chi connectivity index (χ2n) is 6.03.